The largest absolute Gasteiger partial charge is 0.465 e. The Balaban J connectivity index is 3.92. The number of carbonyl (C=O) groups excluding carboxylic acids is 2. The number of methoxy groups -OCH3 is 1. The molecule has 0 aromatic carbocycles. The minimum absolute atomic E-state index is 0.0227. The fourth-order valence-corrected chi connectivity index (χ4v) is 4.79. The van der Waals surface area contributed by atoms with Crippen LogP contribution in [-0.2, 0) is 19.1 Å². The molecule has 1 atom stereocenters. The Bertz CT molecular complexity index is 530. The molecule has 0 heterocycles. The van der Waals surface area contributed by atoms with Crippen molar-refractivity contribution in [3.8, 4) is 0 Å². The quantitative estimate of drug-likeness (QED) is 0.0778. The van der Waals surface area contributed by atoms with E-state index in [1.54, 1.807) is 7.11 Å². The summed E-state index contributed by atoms with van der Waals surface area (Å²) in [7, 11) is 1.55. The van der Waals surface area contributed by atoms with Crippen molar-refractivity contribution in [3.63, 3.8) is 0 Å². The Morgan fingerprint density at radius 3 is 1.84 bits per heavy atom. The summed E-state index contributed by atoms with van der Waals surface area (Å²) in [6, 6.07) is 0. The summed E-state index contributed by atoms with van der Waals surface area (Å²) < 4.78 is 10.4. The van der Waals surface area contributed by atoms with Gasteiger partial charge in [-0.15, -0.1) is 0 Å². The number of nitrogens with one attached hydrogen (secondary N) is 1. The van der Waals surface area contributed by atoms with Gasteiger partial charge in [0.05, 0.1) is 6.61 Å². The van der Waals surface area contributed by atoms with Gasteiger partial charge in [-0.05, 0) is 57.7 Å². The molecule has 0 fully saturated rings. The van der Waals surface area contributed by atoms with E-state index in [2.05, 4.69) is 31.0 Å². The molecule has 0 rings (SSSR count). The molecule has 6 heteroatoms. The minimum Gasteiger partial charge on any atom is -0.465 e. The molecule has 0 bridgehead atoms. The number of hydrogen-bond donors (Lipinski definition) is 1. The molecule has 38 heavy (non-hydrogen) atoms. The van der Waals surface area contributed by atoms with Crippen molar-refractivity contribution in [2.75, 3.05) is 46.5 Å². The van der Waals surface area contributed by atoms with Gasteiger partial charge in [0.25, 0.3) is 0 Å². The first kappa shape index (κ1) is 36.9. The fraction of sp³-hybridized carbons (Fsp3) is 0.938. The molecular formula is C32H64N2O4. The first-order valence-corrected chi connectivity index (χ1v) is 16.2. The number of amides is 1. The van der Waals surface area contributed by atoms with E-state index < -0.39 is 0 Å². The Labute approximate surface area is 236 Å². The van der Waals surface area contributed by atoms with E-state index in [1.807, 2.05) is 0 Å². The molecular weight excluding hydrogens is 476 g/mol. The van der Waals surface area contributed by atoms with Gasteiger partial charge in [0.1, 0.15) is 6.61 Å². The highest BCUT2D eigenvalue weighted by atomic mass is 16.5. The summed E-state index contributed by atoms with van der Waals surface area (Å²) in [6.45, 7) is 11.4. The van der Waals surface area contributed by atoms with E-state index >= 15 is 0 Å². The van der Waals surface area contributed by atoms with Crippen molar-refractivity contribution >= 4 is 11.9 Å². The van der Waals surface area contributed by atoms with Crippen molar-refractivity contribution in [1.29, 1.82) is 0 Å². The second kappa shape index (κ2) is 28.9. The number of rotatable bonds is 29. The van der Waals surface area contributed by atoms with Crippen molar-refractivity contribution < 1.29 is 19.1 Å². The van der Waals surface area contributed by atoms with Crippen molar-refractivity contribution in [3.05, 3.63) is 0 Å². The van der Waals surface area contributed by atoms with Crippen LogP contribution in [0.5, 0.6) is 0 Å². The maximum Gasteiger partial charge on any atom is 0.305 e. The first-order valence-electron chi connectivity index (χ1n) is 16.2. The van der Waals surface area contributed by atoms with Crippen LogP contribution in [0.15, 0.2) is 0 Å². The van der Waals surface area contributed by atoms with Crippen LogP contribution in [0.25, 0.3) is 0 Å². The molecule has 0 saturated carbocycles. The predicted octanol–water partition coefficient (Wildman–Crippen LogP) is 7.68. The molecule has 226 valence electrons. The Morgan fingerprint density at radius 2 is 1.24 bits per heavy atom. The minimum atomic E-state index is -0.0360. The summed E-state index contributed by atoms with van der Waals surface area (Å²) in [6.07, 6.45) is 22.7. The third-order valence-corrected chi connectivity index (χ3v) is 7.26. The molecule has 0 aliphatic heterocycles. The second-order valence-electron chi connectivity index (χ2n) is 11.3. The molecule has 0 saturated heterocycles. The lowest BCUT2D eigenvalue weighted by Crippen LogP contribution is -2.32. The predicted molar refractivity (Wildman–Crippen MR) is 161 cm³/mol. The molecule has 0 aromatic rings. The van der Waals surface area contributed by atoms with E-state index in [-0.39, 0.29) is 18.5 Å². The van der Waals surface area contributed by atoms with Crippen LogP contribution in [-0.4, -0.2) is 63.3 Å². The summed E-state index contributed by atoms with van der Waals surface area (Å²) in [5, 5.41) is 2.93. The zero-order valence-electron chi connectivity index (χ0n) is 25.8. The summed E-state index contributed by atoms with van der Waals surface area (Å²) in [5.74, 6) is 0.415. The highest BCUT2D eigenvalue weighted by molar-refractivity contribution is 5.77. The van der Waals surface area contributed by atoms with Crippen molar-refractivity contribution in [2.45, 2.75) is 143 Å². The highest BCUT2D eigenvalue weighted by Crippen LogP contribution is 2.13. The van der Waals surface area contributed by atoms with E-state index in [4.69, 9.17) is 9.47 Å². The topological polar surface area (TPSA) is 67.9 Å². The van der Waals surface area contributed by atoms with Gasteiger partial charge in [0.15, 0.2) is 0 Å². The van der Waals surface area contributed by atoms with E-state index in [9.17, 15) is 9.59 Å². The van der Waals surface area contributed by atoms with Gasteiger partial charge >= 0.3 is 5.97 Å². The number of carbonyl (C=O) groups is 2. The normalized spacial score (nSPS) is 12.1. The lowest BCUT2D eigenvalue weighted by molar-refractivity contribution is -0.145. The SMILES string of the molecule is CCCCCCCCN(CCCCCCCC(=O)OCC(C)CCCCCCC)CCCNC(=O)COC. The zero-order valence-corrected chi connectivity index (χ0v) is 25.8. The molecule has 6 nitrogen and oxygen atoms in total. The number of ether oxygens (including phenoxy) is 2. The maximum atomic E-state index is 12.1. The van der Waals surface area contributed by atoms with Gasteiger partial charge in [-0.25, -0.2) is 0 Å². The highest BCUT2D eigenvalue weighted by Gasteiger charge is 2.09. The lowest BCUT2D eigenvalue weighted by atomic mass is 10.0. The van der Waals surface area contributed by atoms with E-state index in [1.165, 1.54) is 89.9 Å². The first-order chi connectivity index (χ1) is 18.5. The maximum absolute atomic E-state index is 12.1. The van der Waals surface area contributed by atoms with Crippen LogP contribution in [0.1, 0.15) is 143 Å². The van der Waals surface area contributed by atoms with Crippen molar-refractivity contribution in [1.82, 2.24) is 10.2 Å². The Morgan fingerprint density at radius 1 is 0.711 bits per heavy atom. The molecule has 0 aliphatic carbocycles. The Hall–Kier alpha value is -1.14. The molecule has 1 N–H and O–H groups in total. The fourth-order valence-electron chi connectivity index (χ4n) is 4.79. The lowest BCUT2D eigenvalue weighted by Gasteiger charge is -2.22. The van der Waals surface area contributed by atoms with Gasteiger partial charge in [-0.1, -0.05) is 104 Å². The van der Waals surface area contributed by atoms with Crippen LogP contribution in [0.2, 0.25) is 0 Å². The smallest absolute Gasteiger partial charge is 0.305 e. The second-order valence-corrected chi connectivity index (χ2v) is 11.3. The van der Waals surface area contributed by atoms with Gasteiger partial charge < -0.3 is 19.7 Å². The van der Waals surface area contributed by atoms with Gasteiger partial charge in [-0.3, -0.25) is 9.59 Å². The number of esters is 1. The van der Waals surface area contributed by atoms with Crippen molar-refractivity contribution in [2.24, 2.45) is 5.92 Å². The van der Waals surface area contributed by atoms with Crippen LogP contribution in [0.4, 0.5) is 0 Å². The Kier molecular flexibility index (Phi) is 28.0. The monoisotopic (exact) mass is 540 g/mol. The molecule has 0 aromatic heterocycles. The zero-order chi connectivity index (χ0) is 28.1. The number of nitrogens with zero attached hydrogens (tertiary/aromatic N) is 1. The van der Waals surface area contributed by atoms with Gasteiger partial charge in [0, 0.05) is 20.1 Å². The molecule has 0 spiro atoms. The average molecular weight is 541 g/mol. The standard InChI is InChI=1S/C32H64N2O4/c1-5-7-9-11-15-19-25-34(27-21-24-33-31(35)29-37-4)26-20-16-12-14-18-23-32(36)38-28-30(3)22-17-13-10-8-6-2/h30H,5-29H2,1-4H3,(H,33,35). The molecule has 0 aliphatic rings. The van der Waals surface area contributed by atoms with Gasteiger partial charge in [0.2, 0.25) is 5.91 Å². The van der Waals surface area contributed by atoms with E-state index in [0.29, 0.717) is 25.5 Å². The van der Waals surface area contributed by atoms with Gasteiger partial charge in [-0.2, -0.15) is 0 Å². The number of unbranched alkanes of at least 4 members (excludes halogenated alkanes) is 13. The van der Waals surface area contributed by atoms with Crippen LogP contribution >= 0.6 is 0 Å². The van der Waals surface area contributed by atoms with E-state index in [0.717, 1.165) is 45.3 Å². The third kappa shape index (κ3) is 26.5. The van der Waals surface area contributed by atoms with Crippen LogP contribution in [0.3, 0.4) is 0 Å². The molecule has 1 unspecified atom stereocenters. The average Bonchev–Trinajstić information content (AvgIpc) is 2.90. The van der Waals surface area contributed by atoms with Crippen LogP contribution < -0.4 is 5.32 Å². The van der Waals surface area contributed by atoms with Crippen LogP contribution in [0, 0.1) is 5.92 Å². The summed E-state index contributed by atoms with van der Waals surface area (Å²) >= 11 is 0. The third-order valence-electron chi connectivity index (χ3n) is 7.26. The summed E-state index contributed by atoms with van der Waals surface area (Å²) in [5.41, 5.74) is 0. The molecule has 1 amide bonds. The summed E-state index contributed by atoms with van der Waals surface area (Å²) in [4.78, 5) is 26.2. The number of hydrogen-bond acceptors (Lipinski definition) is 5. The molecule has 0 radical (unpaired) electrons.